The molecule has 0 radical (unpaired) electrons. The van der Waals surface area contributed by atoms with Gasteiger partial charge in [0.05, 0.1) is 13.2 Å². The molecule has 0 bridgehead atoms. The Morgan fingerprint density at radius 1 is 1.04 bits per heavy atom. The van der Waals surface area contributed by atoms with E-state index in [1.54, 1.807) is 0 Å². The number of aryl methyl sites for hydroxylation is 1. The van der Waals surface area contributed by atoms with Gasteiger partial charge < -0.3 is 20.3 Å². The lowest BCUT2D eigenvalue weighted by Crippen LogP contribution is -2.37. The molecule has 2 N–H and O–H groups in total. The van der Waals surface area contributed by atoms with Gasteiger partial charge in [0.25, 0.3) is 0 Å². The van der Waals surface area contributed by atoms with Crippen LogP contribution in [-0.2, 0) is 4.74 Å². The number of nitrogens with zero attached hydrogens (tertiary/aromatic N) is 4. The van der Waals surface area contributed by atoms with Crippen molar-refractivity contribution in [3.8, 4) is 0 Å². The van der Waals surface area contributed by atoms with Gasteiger partial charge in [-0.15, -0.1) is 0 Å². The van der Waals surface area contributed by atoms with Crippen molar-refractivity contribution in [1.29, 1.82) is 0 Å². The molecule has 1 aliphatic heterocycles. The predicted molar refractivity (Wildman–Crippen MR) is 96.1 cm³/mol. The minimum Gasteiger partial charge on any atom is -0.378 e. The highest BCUT2D eigenvalue weighted by Crippen LogP contribution is 2.19. The predicted octanol–water partition coefficient (Wildman–Crippen LogP) is 2.58. The van der Waals surface area contributed by atoms with E-state index in [1.807, 2.05) is 12.1 Å². The summed E-state index contributed by atoms with van der Waals surface area (Å²) in [6.45, 7) is 7.99. The van der Waals surface area contributed by atoms with Gasteiger partial charge in [0.2, 0.25) is 17.8 Å². The fourth-order valence-electron chi connectivity index (χ4n) is 2.41. The number of morpholine rings is 1. The molecule has 0 aliphatic carbocycles. The van der Waals surface area contributed by atoms with Crippen LogP contribution in [0.5, 0.6) is 0 Å². The van der Waals surface area contributed by atoms with Gasteiger partial charge in [-0.1, -0.05) is 24.6 Å². The Labute approximate surface area is 142 Å². The second kappa shape index (κ2) is 7.92. The quantitative estimate of drug-likeness (QED) is 0.844. The third-order valence-electron chi connectivity index (χ3n) is 3.76. The summed E-state index contributed by atoms with van der Waals surface area (Å²) in [5, 5.41) is 6.52. The standard InChI is InChI=1S/C17H24N6O/c1-3-8-18-15-20-16(19-14-6-4-13(2)5-7-14)22-17(21-15)23-9-11-24-12-10-23/h4-7H,3,8-12H2,1-2H3,(H2,18,19,20,21,22). The maximum atomic E-state index is 5.41. The zero-order valence-corrected chi connectivity index (χ0v) is 14.2. The van der Waals surface area contributed by atoms with Crippen LogP contribution in [0.2, 0.25) is 0 Å². The summed E-state index contributed by atoms with van der Waals surface area (Å²) in [5.74, 6) is 1.83. The Kier molecular flexibility index (Phi) is 5.43. The summed E-state index contributed by atoms with van der Waals surface area (Å²) < 4.78 is 5.41. The van der Waals surface area contributed by atoms with Gasteiger partial charge >= 0.3 is 0 Å². The van der Waals surface area contributed by atoms with Crippen LogP contribution in [0.15, 0.2) is 24.3 Å². The largest absolute Gasteiger partial charge is 0.378 e. The first-order chi connectivity index (χ1) is 11.7. The van der Waals surface area contributed by atoms with Crippen LogP contribution in [0.3, 0.4) is 0 Å². The molecule has 7 nitrogen and oxygen atoms in total. The first-order valence-corrected chi connectivity index (χ1v) is 8.41. The SMILES string of the molecule is CCCNc1nc(Nc2ccc(C)cc2)nc(N2CCOCC2)n1. The lowest BCUT2D eigenvalue weighted by atomic mass is 10.2. The van der Waals surface area contributed by atoms with Crippen molar-refractivity contribution in [3.63, 3.8) is 0 Å². The highest BCUT2D eigenvalue weighted by atomic mass is 16.5. The van der Waals surface area contributed by atoms with E-state index in [0.29, 0.717) is 31.1 Å². The summed E-state index contributed by atoms with van der Waals surface area (Å²) in [4.78, 5) is 15.7. The number of anilines is 4. The van der Waals surface area contributed by atoms with Crippen LogP contribution in [0.25, 0.3) is 0 Å². The molecule has 1 aliphatic rings. The fraction of sp³-hybridized carbons (Fsp3) is 0.471. The zero-order chi connectivity index (χ0) is 16.8. The normalized spacial score (nSPS) is 14.5. The maximum Gasteiger partial charge on any atom is 0.233 e. The smallest absolute Gasteiger partial charge is 0.233 e. The average molecular weight is 328 g/mol. The van der Waals surface area contributed by atoms with E-state index < -0.39 is 0 Å². The third-order valence-corrected chi connectivity index (χ3v) is 3.76. The van der Waals surface area contributed by atoms with Gasteiger partial charge in [-0.05, 0) is 25.5 Å². The average Bonchev–Trinajstić information content (AvgIpc) is 2.62. The second-order valence-electron chi connectivity index (χ2n) is 5.80. The molecule has 24 heavy (non-hydrogen) atoms. The molecule has 0 unspecified atom stereocenters. The molecule has 0 saturated carbocycles. The topological polar surface area (TPSA) is 75.2 Å². The summed E-state index contributed by atoms with van der Waals surface area (Å²) >= 11 is 0. The van der Waals surface area contributed by atoms with Crippen LogP contribution in [0.1, 0.15) is 18.9 Å². The van der Waals surface area contributed by atoms with Crippen molar-refractivity contribution >= 4 is 23.5 Å². The molecular formula is C17H24N6O. The van der Waals surface area contributed by atoms with Crippen LogP contribution in [0.4, 0.5) is 23.5 Å². The number of hydrogen-bond acceptors (Lipinski definition) is 7. The number of hydrogen-bond donors (Lipinski definition) is 2. The van der Waals surface area contributed by atoms with E-state index in [1.165, 1.54) is 5.56 Å². The van der Waals surface area contributed by atoms with Crippen LogP contribution in [0, 0.1) is 6.92 Å². The minimum atomic E-state index is 0.550. The van der Waals surface area contributed by atoms with Gasteiger partial charge in [-0.2, -0.15) is 15.0 Å². The number of aromatic nitrogens is 3. The Hall–Kier alpha value is -2.41. The summed E-state index contributed by atoms with van der Waals surface area (Å²) in [5.41, 5.74) is 2.18. The highest BCUT2D eigenvalue weighted by molar-refractivity contribution is 5.56. The first kappa shape index (κ1) is 16.4. The number of benzene rings is 1. The first-order valence-electron chi connectivity index (χ1n) is 8.41. The molecule has 1 saturated heterocycles. The lowest BCUT2D eigenvalue weighted by Gasteiger charge is -2.27. The van der Waals surface area contributed by atoms with Gasteiger partial charge in [0, 0.05) is 25.3 Å². The Balaban J connectivity index is 1.84. The molecule has 1 fully saturated rings. The van der Waals surface area contributed by atoms with Crippen molar-refractivity contribution in [2.45, 2.75) is 20.3 Å². The molecule has 2 heterocycles. The molecule has 1 aromatic carbocycles. The van der Waals surface area contributed by atoms with Gasteiger partial charge in [0.15, 0.2) is 0 Å². The molecule has 0 spiro atoms. The summed E-state index contributed by atoms with van der Waals surface area (Å²) in [7, 11) is 0. The third kappa shape index (κ3) is 4.32. The van der Waals surface area contributed by atoms with Gasteiger partial charge in [-0.3, -0.25) is 0 Å². The summed E-state index contributed by atoms with van der Waals surface area (Å²) in [6.07, 6.45) is 1.01. The van der Waals surface area contributed by atoms with Crippen LogP contribution < -0.4 is 15.5 Å². The van der Waals surface area contributed by atoms with E-state index in [2.05, 4.69) is 56.5 Å². The Morgan fingerprint density at radius 3 is 2.46 bits per heavy atom. The number of nitrogens with one attached hydrogen (secondary N) is 2. The Morgan fingerprint density at radius 2 is 1.75 bits per heavy atom. The molecule has 0 amide bonds. The monoisotopic (exact) mass is 328 g/mol. The van der Waals surface area contributed by atoms with Crippen LogP contribution >= 0.6 is 0 Å². The molecule has 0 atom stereocenters. The van der Waals surface area contributed by atoms with Crippen LogP contribution in [-0.4, -0.2) is 47.8 Å². The molecule has 7 heteroatoms. The number of ether oxygens (including phenoxy) is 1. The van der Waals surface area contributed by atoms with Crippen molar-refractivity contribution in [3.05, 3.63) is 29.8 Å². The van der Waals surface area contributed by atoms with E-state index in [9.17, 15) is 0 Å². The molecule has 128 valence electrons. The van der Waals surface area contributed by atoms with Gasteiger partial charge in [0.1, 0.15) is 0 Å². The molecule has 3 rings (SSSR count). The van der Waals surface area contributed by atoms with E-state index in [4.69, 9.17) is 4.74 Å². The molecular weight excluding hydrogens is 304 g/mol. The van der Waals surface area contributed by atoms with E-state index in [0.717, 1.165) is 31.7 Å². The van der Waals surface area contributed by atoms with Crippen molar-refractivity contribution in [1.82, 2.24) is 15.0 Å². The lowest BCUT2D eigenvalue weighted by molar-refractivity contribution is 0.122. The van der Waals surface area contributed by atoms with Crippen molar-refractivity contribution in [2.24, 2.45) is 0 Å². The van der Waals surface area contributed by atoms with E-state index >= 15 is 0 Å². The zero-order valence-electron chi connectivity index (χ0n) is 14.2. The Bertz CT molecular complexity index is 655. The van der Waals surface area contributed by atoms with E-state index in [-0.39, 0.29) is 0 Å². The number of rotatable bonds is 6. The highest BCUT2D eigenvalue weighted by Gasteiger charge is 2.16. The van der Waals surface area contributed by atoms with Crippen molar-refractivity contribution < 1.29 is 4.74 Å². The van der Waals surface area contributed by atoms with Crippen molar-refractivity contribution in [2.75, 3.05) is 48.4 Å². The molecule has 2 aromatic rings. The second-order valence-corrected chi connectivity index (χ2v) is 5.80. The minimum absolute atomic E-state index is 0.550. The fourth-order valence-corrected chi connectivity index (χ4v) is 2.41. The molecule has 1 aromatic heterocycles. The maximum absolute atomic E-state index is 5.41. The van der Waals surface area contributed by atoms with Gasteiger partial charge in [-0.25, -0.2) is 0 Å². The summed E-state index contributed by atoms with van der Waals surface area (Å²) in [6, 6.07) is 8.16.